The Hall–Kier alpha value is -2.49. The van der Waals surface area contributed by atoms with Crippen molar-refractivity contribution in [1.82, 2.24) is 9.55 Å². The van der Waals surface area contributed by atoms with Crippen LogP contribution in [0, 0.1) is 0 Å². The van der Waals surface area contributed by atoms with Crippen molar-refractivity contribution in [2.24, 2.45) is 0 Å². The summed E-state index contributed by atoms with van der Waals surface area (Å²) in [5, 5.41) is 0. The molecular formula is C20H24N2O2. The van der Waals surface area contributed by atoms with Crippen LogP contribution in [0.3, 0.4) is 0 Å². The summed E-state index contributed by atoms with van der Waals surface area (Å²) in [6.07, 6.45) is 3.02. The van der Waals surface area contributed by atoms with Crippen LogP contribution in [0.1, 0.15) is 25.6 Å². The highest BCUT2D eigenvalue weighted by Crippen LogP contribution is 2.22. The Bertz CT molecular complexity index is 781. The van der Waals surface area contributed by atoms with E-state index in [0.717, 1.165) is 55.3 Å². The third-order valence-electron chi connectivity index (χ3n) is 4.14. The van der Waals surface area contributed by atoms with Gasteiger partial charge < -0.3 is 14.0 Å². The van der Waals surface area contributed by atoms with Gasteiger partial charge in [0, 0.05) is 19.0 Å². The largest absolute Gasteiger partial charge is 0.497 e. The summed E-state index contributed by atoms with van der Waals surface area (Å²) >= 11 is 0. The lowest BCUT2D eigenvalue weighted by Gasteiger charge is -2.09. The van der Waals surface area contributed by atoms with Gasteiger partial charge in [0.1, 0.15) is 17.3 Å². The molecule has 1 heterocycles. The van der Waals surface area contributed by atoms with Crippen LogP contribution in [0.15, 0.2) is 48.5 Å². The number of hydrogen-bond acceptors (Lipinski definition) is 3. The van der Waals surface area contributed by atoms with Crippen molar-refractivity contribution in [2.75, 3.05) is 13.7 Å². The van der Waals surface area contributed by atoms with Crippen LogP contribution in [-0.4, -0.2) is 23.3 Å². The molecule has 4 nitrogen and oxygen atoms in total. The molecule has 1 aromatic heterocycles. The Morgan fingerprint density at radius 2 is 1.83 bits per heavy atom. The van der Waals surface area contributed by atoms with Crippen molar-refractivity contribution in [2.45, 2.75) is 32.7 Å². The van der Waals surface area contributed by atoms with Crippen molar-refractivity contribution in [3.63, 3.8) is 0 Å². The maximum absolute atomic E-state index is 5.76. The highest BCUT2D eigenvalue weighted by molar-refractivity contribution is 5.77. The van der Waals surface area contributed by atoms with Gasteiger partial charge in [-0.25, -0.2) is 4.98 Å². The molecule has 0 fully saturated rings. The van der Waals surface area contributed by atoms with Crippen molar-refractivity contribution in [3.8, 4) is 11.5 Å². The Morgan fingerprint density at radius 1 is 1.00 bits per heavy atom. The van der Waals surface area contributed by atoms with Gasteiger partial charge in [-0.05, 0) is 37.1 Å². The third kappa shape index (κ3) is 3.70. The second-order valence-corrected chi connectivity index (χ2v) is 5.76. The first kappa shape index (κ1) is 16.4. The van der Waals surface area contributed by atoms with Crippen molar-refractivity contribution in [1.29, 1.82) is 0 Å². The minimum absolute atomic E-state index is 0.742. The number of imidazole rings is 1. The van der Waals surface area contributed by atoms with E-state index < -0.39 is 0 Å². The van der Waals surface area contributed by atoms with E-state index >= 15 is 0 Å². The standard InChI is InChI=1S/C20H24N2O2/c1-3-20-21-18-15-17(23-2)11-12-19(18)22(20)13-7-8-14-24-16-9-5-4-6-10-16/h4-6,9-12,15H,3,7-8,13-14H2,1-2H3. The van der Waals surface area contributed by atoms with Gasteiger partial charge in [0.15, 0.2) is 0 Å². The number of benzene rings is 2. The van der Waals surface area contributed by atoms with Crippen LogP contribution in [-0.2, 0) is 13.0 Å². The zero-order valence-electron chi connectivity index (χ0n) is 14.4. The van der Waals surface area contributed by atoms with Crippen molar-refractivity contribution in [3.05, 3.63) is 54.4 Å². The molecule has 0 radical (unpaired) electrons. The van der Waals surface area contributed by atoms with E-state index in [4.69, 9.17) is 14.5 Å². The molecule has 0 N–H and O–H groups in total. The summed E-state index contributed by atoms with van der Waals surface area (Å²) < 4.78 is 13.4. The van der Waals surface area contributed by atoms with Gasteiger partial charge in [0.2, 0.25) is 0 Å². The first-order chi connectivity index (χ1) is 11.8. The zero-order valence-corrected chi connectivity index (χ0v) is 14.4. The van der Waals surface area contributed by atoms with E-state index in [0.29, 0.717) is 0 Å². The molecule has 0 amide bonds. The molecule has 2 aromatic carbocycles. The quantitative estimate of drug-likeness (QED) is 0.574. The molecule has 0 saturated heterocycles. The second kappa shape index (κ2) is 7.86. The molecular weight excluding hydrogens is 300 g/mol. The smallest absolute Gasteiger partial charge is 0.121 e. The minimum Gasteiger partial charge on any atom is -0.497 e. The van der Waals surface area contributed by atoms with Gasteiger partial charge in [-0.3, -0.25) is 0 Å². The number of fused-ring (bicyclic) bond motifs is 1. The van der Waals surface area contributed by atoms with Gasteiger partial charge >= 0.3 is 0 Å². The highest BCUT2D eigenvalue weighted by atomic mass is 16.5. The zero-order chi connectivity index (χ0) is 16.8. The highest BCUT2D eigenvalue weighted by Gasteiger charge is 2.10. The van der Waals surface area contributed by atoms with Gasteiger partial charge in [-0.2, -0.15) is 0 Å². The molecule has 0 bridgehead atoms. The van der Waals surface area contributed by atoms with E-state index in [2.05, 4.69) is 17.6 Å². The number of rotatable bonds is 8. The number of nitrogens with zero attached hydrogens (tertiary/aromatic N) is 2. The Morgan fingerprint density at radius 3 is 2.58 bits per heavy atom. The van der Waals surface area contributed by atoms with Crippen LogP contribution >= 0.6 is 0 Å². The van der Waals surface area contributed by atoms with Gasteiger partial charge in [-0.15, -0.1) is 0 Å². The SMILES string of the molecule is CCc1nc2cc(OC)ccc2n1CCCCOc1ccccc1. The molecule has 0 aliphatic carbocycles. The first-order valence-electron chi connectivity index (χ1n) is 8.53. The second-order valence-electron chi connectivity index (χ2n) is 5.76. The van der Waals surface area contributed by atoms with E-state index in [-0.39, 0.29) is 0 Å². The predicted molar refractivity (Wildman–Crippen MR) is 96.8 cm³/mol. The summed E-state index contributed by atoms with van der Waals surface area (Å²) in [6, 6.07) is 16.1. The van der Waals surface area contributed by atoms with Crippen molar-refractivity contribution >= 4 is 11.0 Å². The molecule has 3 rings (SSSR count). The third-order valence-corrected chi connectivity index (χ3v) is 4.14. The molecule has 0 atom stereocenters. The molecule has 24 heavy (non-hydrogen) atoms. The van der Waals surface area contributed by atoms with E-state index in [1.54, 1.807) is 7.11 Å². The average molecular weight is 324 g/mol. The molecule has 0 unspecified atom stereocenters. The van der Waals surface area contributed by atoms with Gasteiger partial charge in [0.05, 0.1) is 24.8 Å². The maximum atomic E-state index is 5.76. The number of para-hydroxylation sites is 1. The molecule has 0 saturated carbocycles. The topological polar surface area (TPSA) is 36.3 Å². The number of hydrogen-bond donors (Lipinski definition) is 0. The summed E-state index contributed by atoms with van der Waals surface area (Å²) in [5.74, 6) is 2.92. The van der Waals surface area contributed by atoms with Gasteiger partial charge in [0.25, 0.3) is 0 Å². The fourth-order valence-electron chi connectivity index (χ4n) is 2.88. The monoisotopic (exact) mass is 324 g/mol. The fraction of sp³-hybridized carbons (Fsp3) is 0.350. The number of unbranched alkanes of at least 4 members (excludes halogenated alkanes) is 1. The van der Waals surface area contributed by atoms with Crippen LogP contribution in [0.5, 0.6) is 11.5 Å². The van der Waals surface area contributed by atoms with E-state index in [9.17, 15) is 0 Å². The summed E-state index contributed by atoms with van der Waals surface area (Å²) in [4.78, 5) is 4.74. The lowest BCUT2D eigenvalue weighted by molar-refractivity contribution is 0.303. The molecule has 0 aliphatic heterocycles. The number of aromatic nitrogens is 2. The number of ether oxygens (including phenoxy) is 2. The van der Waals surface area contributed by atoms with Crippen LogP contribution in [0.2, 0.25) is 0 Å². The molecule has 126 valence electrons. The molecule has 4 heteroatoms. The van der Waals surface area contributed by atoms with Crippen LogP contribution in [0.25, 0.3) is 11.0 Å². The average Bonchev–Trinajstić information content (AvgIpc) is 2.99. The van der Waals surface area contributed by atoms with E-state index in [1.165, 1.54) is 5.52 Å². The maximum Gasteiger partial charge on any atom is 0.121 e. The van der Waals surface area contributed by atoms with Crippen LogP contribution < -0.4 is 9.47 Å². The molecule has 0 aliphatic rings. The normalized spacial score (nSPS) is 10.9. The lowest BCUT2D eigenvalue weighted by Crippen LogP contribution is -2.05. The minimum atomic E-state index is 0.742. The summed E-state index contributed by atoms with van der Waals surface area (Å²) in [7, 11) is 1.69. The van der Waals surface area contributed by atoms with Gasteiger partial charge in [-0.1, -0.05) is 25.1 Å². The summed E-state index contributed by atoms with van der Waals surface area (Å²) in [5.41, 5.74) is 2.18. The Balaban J connectivity index is 1.60. The fourth-order valence-corrected chi connectivity index (χ4v) is 2.88. The van der Waals surface area contributed by atoms with Crippen molar-refractivity contribution < 1.29 is 9.47 Å². The number of aryl methyl sites for hydroxylation is 2. The first-order valence-corrected chi connectivity index (χ1v) is 8.53. The Labute approximate surface area is 143 Å². The Kier molecular flexibility index (Phi) is 5.36. The lowest BCUT2D eigenvalue weighted by atomic mass is 10.2. The summed E-state index contributed by atoms with van der Waals surface area (Å²) in [6.45, 7) is 3.85. The number of methoxy groups -OCH3 is 1. The van der Waals surface area contributed by atoms with E-state index in [1.807, 2.05) is 42.5 Å². The molecule has 3 aromatic rings. The van der Waals surface area contributed by atoms with Crippen LogP contribution in [0.4, 0.5) is 0 Å². The predicted octanol–water partition coefficient (Wildman–Crippen LogP) is 4.47. The molecule has 0 spiro atoms.